The summed E-state index contributed by atoms with van der Waals surface area (Å²) in [5, 5.41) is 16.4. The number of nitrogens with one attached hydrogen (secondary N) is 2. The number of nitrogens with zero attached hydrogens (tertiary/aromatic N) is 4. The first-order valence-corrected chi connectivity index (χ1v) is 10.8. The summed E-state index contributed by atoms with van der Waals surface area (Å²) in [5.41, 5.74) is 3.98. The fourth-order valence-corrected chi connectivity index (χ4v) is 3.80. The molecule has 2 aromatic carbocycles. The Labute approximate surface area is 196 Å². The second kappa shape index (κ2) is 9.50. The second-order valence-electron chi connectivity index (χ2n) is 7.36. The quantitative estimate of drug-likeness (QED) is 0.371. The van der Waals surface area contributed by atoms with Crippen LogP contribution in [0, 0.1) is 19.7 Å². The maximum Gasteiger partial charge on any atom is 0.176 e. The van der Waals surface area contributed by atoms with Gasteiger partial charge < -0.3 is 10.6 Å². The highest BCUT2D eigenvalue weighted by atomic mass is 35.5. The summed E-state index contributed by atoms with van der Waals surface area (Å²) in [5.74, 6) is 0.364. The van der Waals surface area contributed by atoms with Crippen molar-refractivity contribution >= 4 is 40.4 Å². The van der Waals surface area contributed by atoms with Gasteiger partial charge in [-0.3, -0.25) is 9.36 Å². The highest BCUT2D eigenvalue weighted by Crippen LogP contribution is 2.22. The van der Waals surface area contributed by atoms with E-state index >= 15 is 0 Å². The van der Waals surface area contributed by atoms with Gasteiger partial charge in [-0.25, -0.2) is 4.39 Å². The number of hydrogen-bond donors (Lipinski definition) is 2. The number of benzene rings is 2. The van der Waals surface area contributed by atoms with Crippen LogP contribution >= 0.6 is 23.8 Å². The zero-order valence-corrected chi connectivity index (χ0v) is 19.2. The van der Waals surface area contributed by atoms with Gasteiger partial charge in [-0.2, -0.15) is 10.2 Å². The van der Waals surface area contributed by atoms with Crippen LogP contribution in [-0.2, 0) is 13.1 Å². The Balaban J connectivity index is 1.41. The largest absolute Gasteiger partial charge is 0.329 e. The highest BCUT2D eigenvalue weighted by Gasteiger charge is 2.15. The van der Waals surface area contributed by atoms with Gasteiger partial charge in [0.1, 0.15) is 5.82 Å². The van der Waals surface area contributed by atoms with Crippen LogP contribution in [0.3, 0.4) is 0 Å². The minimum atomic E-state index is -0.251. The molecular formula is C23H22ClFN6S. The number of anilines is 2. The second-order valence-corrected chi connectivity index (χ2v) is 8.18. The van der Waals surface area contributed by atoms with Crippen LogP contribution < -0.4 is 10.6 Å². The average Bonchev–Trinajstić information content (AvgIpc) is 3.30. The van der Waals surface area contributed by atoms with Gasteiger partial charge >= 0.3 is 0 Å². The molecule has 0 spiro atoms. The molecule has 32 heavy (non-hydrogen) atoms. The van der Waals surface area contributed by atoms with Gasteiger partial charge in [0.05, 0.1) is 30.2 Å². The van der Waals surface area contributed by atoms with Gasteiger partial charge in [-0.1, -0.05) is 48.0 Å². The molecule has 164 valence electrons. The molecule has 0 atom stereocenters. The van der Waals surface area contributed by atoms with E-state index in [2.05, 4.69) is 20.8 Å². The van der Waals surface area contributed by atoms with Crippen LogP contribution in [0.4, 0.5) is 15.9 Å². The lowest BCUT2D eigenvalue weighted by Crippen LogP contribution is -2.20. The Bertz CT molecular complexity index is 1270. The standard InChI is InChI=1S/C23H22ClFN6S/c1-15-22(16(2)31(28-15)14-18-8-4-6-10-20(18)25)27-23(32)26-21-11-12-30(29-21)13-17-7-3-5-9-19(17)24/h3-12H,13-14H2,1-2H3,(H2,26,27,29,32). The maximum absolute atomic E-state index is 14.0. The van der Waals surface area contributed by atoms with E-state index in [1.807, 2.05) is 56.4 Å². The molecule has 0 aliphatic rings. The van der Waals surface area contributed by atoms with E-state index < -0.39 is 0 Å². The third-order valence-electron chi connectivity index (χ3n) is 5.07. The molecule has 0 fully saturated rings. The van der Waals surface area contributed by atoms with Gasteiger partial charge in [-0.05, 0) is 43.8 Å². The van der Waals surface area contributed by atoms with Gasteiger partial charge in [0.15, 0.2) is 10.9 Å². The molecule has 0 amide bonds. The lowest BCUT2D eigenvalue weighted by molar-refractivity contribution is 0.579. The van der Waals surface area contributed by atoms with Crippen molar-refractivity contribution in [3.63, 3.8) is 0 Å². The van der Waals surface area contributed by atoms with Gasteiger partial charge in [0.2, 0.25) is 0 Å². The molecule has 0 bridgehead atoms. The van der Waals surface area contributed by atoms with Gasteiger partial charge in [0.25, 0.3) is 0 Å². The van der Waals surface area contributed by atoms with E-state index in [-0.39, 0.29) is 5.82 Å². The van der Waals surface area contributed by atoms with Crippen molar-refractivity contribution in [1.29, 1.82) is 0 Å². The monoisotopic (exact) mass is 468 g/mol. The molecule has 0 aliphatic carbocycles. The molecule has 2 aromatic heterocycles. The van der Waals surface area contributed by atoms with Crippen LogP contribution in [0.15, 0.2) is 60.8 Å². The van der Waals surface area contributed by atoms with Crippen molar-refractivity contribution in [2.75, 3.05) is 10.6 Å². The predicted octanol–water partition coefficient (Wildman–Crippen LogP) is 5.39. The zero-order valence-electron chi connectivity index (χ0n) is 17.6. The molecule has 2 N–H and O–H groups in total. The van der Waals surface area contributed by atoms with E-state index in [4.69, 9.17) is 23.8 Å². The molecule has 0 saturated carbocycles. The van der Waals surface area contributed by atoms with Crippen LogP contribution in [0.1, 0.15) is 22.5 Å². The fraction of sp³-hybridized carbons (Fsp3) is 0.174. The summed E-state index contributed by atoms with van der Waals surface area (Å²) in [6.45, 7) is 4.70. The number of thiocarbonyl (C=S) groups is 1. The predicted molar refractivity (Wildman–Crippen MR) is 130 cm³/mol. The van der Waals surface area contributed by atoms with Crippen molar-refractivity contribution in [2.45, 2.75) is 26.9 Å². The summed E-state index contributed by atoms with van der Waals surface area (Å²) in [7, 11) is 0. The highest BCUT2D eigenvalue weighted by molar-refractivity contribution is 7.80. The van der Waals surface area contributed by atoms with E-state index in [1.165, 1.54) is 6.07 Å². The van der Waals surface area contributed by atoms with Crippen molar-refractivity contribution in [1.82, 2.24) is 19.6 Å². The first-order valence-electron chi connectivity index (χ1n) is 10.0. The van der Waals surface area contributed by atoms with E-state index in [0.717, 1.165) is 22.6 Å². The van der Waals surface area contributed by atoms with Crippen molar-refractivity contribution in [2.24, 2.45) is 0 Å². The molecule has 4 aromatic rings. The van der Waals surface area contributed by atoms with Gasteiger partial charge in [-0.15, -0.1) is 0 Å². The van der Waals surface area contributed by atoms with Crippen molar-refractivity contribution in [3.8, 4) is 0 Å². The molecular weight excluding hydrogens is 447 g/mol. The summed E-state index contributed by atoms with van der Waals surface area (Å²) >= 11 is 11.7. The SMILES string of the molecule is Cc1nn(Cc2ccccc2F)c(C)c1NC(=S)Nc1ccn(Cc2ccccc2Cl)n1. The Morgan fingerprint density at radius 1 is 0.969 bits per heavy atom. The van der Waals surface area contributed by atoms with E-state index in [9.17, 15) is 4.39 Å². The topological polar surface area (TPSA) is 59.7 Å². The van der Waals surface area contributed by atoms with Crippen LogP contribution in [0.5, 0.6) is 0 Å². The fourth-order valence-electron chi connectivity index (χ4n) is 3.40. The summed E-state index contributed by atoms with van der Waals surface area (Å²) < 4.78 is 17.6. The first-order chi connectivity index (χ1) is 15.4. The number of aryl methyl sites for hydroxylation is 1. The molecule has 4 rings (SSSR count). The number of rotatable bonds is 6. The molecule has 0 unspecified atom stereocenters. The smallest absolute Gasteiger partial charge is 0.176 e. The Kier molecular flexibility index (Phi) is 6.53. The number of hydrogen-bond acceptors (Lipinski definition) is 3. The van der Waals surface area contributed by atoms with Crippen molar-refractivity contribution < 1.29 is 4.39 Å². The zero-order chi connectivity index (χ0) is 22.7. The van der Waals surface area contributed by atoms with Crippen LogP contribution in [-0.4, -0.2) is 24.7 Å². The molecule has 0 radical (unpaired) electrons. The lowest BCUT2D eigenvalue weighted by atomic mass is 10.2. The molecule has 9 heteroatoms. The van der Waals surface area contributed by atoms with Crippen LogP contribution in [0.2, 0.25) is 5.02 Å². The minimum absolute atomic E-state index is 0.251. The lowest BCUT2D eigenvalue weighted by Gasteiger charge is -2.10. The third kappa shape index (κ3) is 4.98. The number of halogens is 2. The van der Waals surface area contributed by atoms with Gasteiger partial charge in [0, 0.05) is 22.8 Å². The summed E-state index contributed by atoms with van der Waals surface area (Å²) in [6, 6.07) is 16.2. The Morgan fingerprint density at radius 2 is 1.69 bits per heavy atom. The number of aromatic nitrogens is 4. The third-order valence-corrected chi connectivity index (χ3v) is 5.64. The van der Waals surface area contributed by atoms with Crippen LogP contribution in [0.25, 0.3) is 0 Å². The summed E-state index contributed by atoms with van der Waals surface area (Å²) in [6.07, 6.45) is 1.86. The minimum Gasteiger partial charge on any atom is -0.329 e. The molecule has 0 aliphatic heterocycles. The molecule has 0 saturated heterocycles. The molecule has 2 heterocycles. The summed E-state index contributed by atoms with van der Waals surface area (Å²) in [4.78, 5) is 0. The molecule has 6 nitrogen and oxygen atoms in total. The van der Waals surface area contributed by atoms with E-state index in [0.29, 0.717) is 34.6 Å². The average molecular weight is 469 g/mol. The Morgan fingerprint density at radius 3 is 2.44 bits per heavy atom. The van der Waals surface area contributed by atoms with Crippen molar-refractivity contribution in [3.05, 3.63) is 94.1 Å². The maximum atomic E-state index is 14.0. The van der Waals surface area contributed by atoms with E-state index in [1.54, 1.807) is 21.5 Å². The Hall–Kier alpha value is -3.23. The normalized spacial score (nSPS) is 10.9. The first kappa shape index (κ1) is 22.0.